The molecule has 0 spiro atoms. The third kappa shape index (κ3) is 2.69. The van der Waals surface area contributed by atoms with Crippen molar-refractivity contribution in [2.45, 2.75) is 82.7 Å². The molecule has 1 aromatic rings. The Hall–Kier alpha value is -0.900. The number of hydrogen-bond donors (Lipinski definition) is 1. The molecule has 0 atom stereocenters. The summed E-state index contributed by atoms with van der Waals surface area (Å²) in [6.45, 7) is 2.09. The maximum atomic E-state index is 6.52. The molecule has 2 aliphatic carbocycles. The van der Waals surface area contributed by atoms with E-state index in [2.05, 4.69) is 21.7 Å². The molecule has 1 aromatic heterocycles. The van der Waals surface area contributed by atoms with Gasteiger partial charge in [-0.3, -0.25) is 0 Å². The summed E-state index contributed by atoms with van der Waals surface area (Å²) in [5.74, 6) is 2.21. The van der Waals surface area contributed by atoms with Gasteiger partial charge in [0.2, 0.25) is 0 Å². The number of rotatable bonds is 3. The second kappa shape index (κ2) is 5.23. The molecular formula is C15H26N4. The zero-order valence-corrected chi connectivity index (χ0v) is 12.1. The smallest absolute Gasteiger partial charge is 0.135 e. The zero-order valence-electron chi connectivity index (χ0n) is 12.1. The molecule has 4 nitrogen and oxygen atoms in total. The molecule has 0 radical (unpaired) electrons. The van der Waals surface area contributed by atoms with Crippen LogP contribution in [-0.4, -0.2) is 20.3 Å². The van der Waals surface area contributed by atoms with Crippen molar-refractivity contribution >= 4 is 0 Å². The Labute approximate surface area is 115 Å². The molecule has 19 heavy (non-hydrogen) atoms. The first kappa shape index (κ1) is 13.1. The molecule has 0 aliphatic heterocycles. The first-order valence-electron chi connectivity index (χ1n) is 7.87. The van der Waals surface area contributed by atoms with Crippen molar-refractivity contribution in [3.8, 4) is 0 Å². The number of hydrogen-bond acceptors (Lipinski definition) is 3. The molecule has 2 aliphatic rings. The van der Waals surface area contributed by atoms with Crippen molar-refractivity contribution < 1.29 is 0 Å². The lowest BCUT2D eigenvalue weighted by molar-refractivity contribution is 0.329. The van der Waals surface area contributed by atoms with Gasteiger partial charge < -0.3 is 10.3 Å². The van der Waals surface area contributed by atoms with E-state index in [4.69, 9.17) is 5.73 Å². The van der Waals surface area contributed by atoms with Crippen LogP contribution < -0.4 is 5.73 Å². The fraction of sp³-hybridized carbons (Fsp3) is 0.867. The van der Waals surface area contributed by atoms with Gasteiger partial charge in [0.1, 0.15) is 11.6 Å². The minimum atomic E-state index is -0.0219. The fourth-order valence-corrected chi connectivity index (χ4v) is 3.92. The molecule has 2 fully saturated rings. The van der Waals surface area contributed by atoms with E-state index in [1.54, 1.807) is 0 Å². The Morgan fingerprint density at radius 1 is 1.11 bits per heavy atom. The van der Waals surface area contributed by atoms with Crippen molar-refractivity contribution in [3.63, 3.8) is 0 Å². The van der Waals surface area contributed by atoms with E-state index < -0.39 is 0 Å². The van der Waals surface area contributed by atoms with Crippen LogP contribution in [0.2, 0.25) is 0 Å². The van der Waals surface area contributed by atoms with Gasteiger partial charge in [-0.25, -0.2) is 0 Å². The second-order valence-corrected chi connectivity index (χ2v) is 6.57. The predicted octanol–water partition coefficient (Wildman–Crippen LogP) is 2.91. The molecule has 1 heterocycles. The van der Waals surface area contributed by atoms with Crippen molar-refractivity contribution in [1.29, 1.82) is 0 Å². The maximum Gasteiger partial charge on any atom is 0.135 e. The normalized spacial score (nSPS) is 23.9. The highest BCUT2D eigenvalue weighted by molar-refractivity contribution is 5.05. The molecule has 2 N–H and O–H groups in total. The van der Waals surface area contributed by atoms with Crippen LogP contribution in [0.4, 0.5) is 0 Å². The highest BCUT2D eigenvalue weighted by atomic mass is 15.3. The van der Waals surface area contributed by atoms with Gasteiger partial charge in [-0.05, 0) is 32.6 Å². The molecule has 0 saturated heterocycles. The fourth-order valence-electron chi connectivity index (χ4n) is 3.92. The van der Waals surface area contributed by atoms with Gasteiger partial charge in [0.25, 0.3) is 0 Å². The summed E-state index contributed by atoms with van der Waals surface area (Å²) in [5, 5.41) is 8.75. The Morgan fingerprint density at radius 2 is 1.79 bits per heavy atom. The molecule has 3 rings (SSSR count). The van der Waals surface area contributed by atoms with Crippen molar-refractivity contribution in [2.75, 3.05) is 0 Å². The summed E-state index contributed by atoms with van der Waals surface area (Å²) in [6.07, 6.45) is 12.4. The first-order chi connectivity index (χ1) is 9.18. The van der Waals surface area contributed by atoms with Gasteiger partial charge in [-0.2, -0.15) is 0 Å². The number of aryl methyl sites for hydroxylation is 1. The van der Waals surface area contributed by atoms with Crippen molar-refractivity contribution in [1.82, 2.24) is 14.8 Å². The lowest BCUT2D eigenvalue weighted by atomic mass is 9.92. The predicted molar refractivity (Wildman–Crippen MR) is 76.0 cm³/mol. The highest BCUT2D eigenvalue weighted by Gasteiger charge is 2.32. The van der Waals surface area contributed by atoms with Crippen LogP contribution in [0, 0.1) is 6.92 Å². The highest BCUT2D eigenvalue weighted by Crippen LogP contribution is 2.33. The lowest BCUT2D eigenvalue weighted by Crippen LogP contribution is -2.40. The lowest BCUT2D eigenvalue weighted by Gasteiger charge is -2.28. The van der Waals surface area contributed by atoms with Crippen LogP contribution in [0.25, 0.3) is 0 Å². The molecule has 0 unspecified atom stereocenters. The van der Waals surface area contributed by atoms with E-state index in [-0.39, 0.29) is 5.54 Å². The maximum absolute atomic E-state index is 6.52. The van der Waals surface area contributed by atoms with Gasteiger partial charge in [0, 0.05) is 18.0 Å². The van der Waals surface area contributed by atoms with Crippen LogP contribution in [0.5, 0.6) is 0 Å². The topological polar surface area (TPSA) is 56.7 Å². The molecule has 0 bridgehead atoms. The largest absolute Gasteiger partial charge is 0.325 e. The van der Waals surface area contributed by atoms with Crippen molar-refractivity contribution in [2.24, 2.45) is 5.73 Å². The van der Waals surface area contributed by atoms with E-state index in [1.807, 2.05) is 0 Å². The van der Waals surface area contributed by atoms with Crippen LogP contribution in [0.1, 0.15) is 75.5 Å². The van der Waals surface area contributed by atoms with Gasteiger partial charge >= 0.3 is 0 Å². The minimum absolute atomic E-state index is 0.0219. The van der Waals surface area contributed by atoms with Crippen LogP contribution in [-0.2, 0) is 6.42 Å². The van der Waals surface area contributed by atoms with Crippen molar-refractivity contribution in [3.05, 3.63) is 11.6 Å². The Kier molecular flexibility index (Phi) is 3.61. The molecule has 4 heteroatoms. The third-order valence-electron chi connectivity index (χ3n) is 4.99. The Balaban J connectivity index is 1.81. The summed E-state index contributed by atoms with van der Waals surface area (Å²) in [5.41, 5.74) is 6.50. The number of nitrogens with zero attached hydrogens (tertiary/aromatic N) is 3. The standard InChI is InChI=1S/C15H26N4/c1-12-17-18-14(11-15(16)9-5-6-10-15)19(12)13-7-3-2-4-8-13/h13H,2-11,16H2,1H3. The molecule has 106 valence electrons. The van der Waals surface area contributed by atoms with Crippen LogP contribution in [0.3, 0.4) is 0 Å². The molecule has 2 saturated carbocycles. The summed E-state index contributed by atoms with van der Waals surface area (Å²) in [4.78, 5) is 0. The zero-order chi connectivity index (χ0) is 13.3. The van der Waals surface area contributed by atoms with Gasteiger partial charge in [-0.15, -0.1) is 10.2 Å². The summed E-state index contributed by atoms with van der Waals surface area (Å²) in [6, 6.07) is 0.615. The number of nitrogens with two attached hydrogens (primary N) is 1. The summed E-state index contributed by atoms with van der Waals surface area (Å²) < 4.78 is 2.39. The van der Waals surface area contributed by atoms with Gasteiger partial charge in [0.05, 0.1) is 0 Å². The SMILES string of the molecule is Cc1nnc(CC2(N)CCCC2)n1C1CCCCC1. The monoisotopic (exact) mass is 262 g/mol. The first-order valence-corrected chi connectivity index (χ1v) is 7.87. The van der Waals surface area contributed by atoms with E-state index in [0.717, 1.165) is 30.9 Å². The number of aromatic nitrogens is 3. The quantitative estimate of drug-likeness (QED) is 0.911. The van der Waals surface area contributed by atoms with E-state index >= 15 is 0 Å². The third-order valence-corrected chi connectivity index (χ3v) is 4.99. The van der Waals surface area contributed by atoms with Crippen LogP contribution in [0.15, 0.2) is 0 Å². The van der Waals surface area contributed by atoms with Gasteiger partial charge in [-0.1, -0.05) is 32.1 Å². The van der Waals surface area contributed by atoms with Gasteiger partial charge in [0.15, 0.2) is 0 Å². The summed E-state index contributed by atoms with van der Waals surface area (Å²) in [7, 11) is 0. The van der Waals surface area contributed by atoms with Crippen LogP contribution >= 0.6 is 0 Å². The molecule has 0 aromatic carbocycles. The molecular weight excluding hydrogens is 236 g/mol. The van der Waals surface area contributed by atoms with E-state index in [1.165, 1.54) is 44.9 Å². The second-order valence-electron chi connectivity index (χ2n) is 6.57. The molecule has 0 amide bonds. The Morgan fingerprint density at radius 3 is 2.47 bits per heavy atom. The summed E-state index contributed by atoms with van der Waals surface area (Å²) >= 11 is 0. The average molecular weight is 262 g/mol. The minimum Gasteiger partial charge on any atom is -0.325 e. The Bertz CT molecular complexity index is 425. The average Bonchev–Trinajstić information content (AvgIpc) is 2.98. The van der Waals surface area contributed by atoms with E-state index in [9.17, 15) is 0 Å². The van der Waals surface area contributed by atoms with E-state index in [0.29, 0.717) is 6.04 Å².